The van der Waals surface area contributed by atoms with E-state index >= 15 is 0 Å². The van der Waals surface area contributed by atoms with Crippen LogP contribution in [0.3, 0.4) is 0 Å². The van der Waals surface area contributed by atoms with Crippen LogP contribution in [-0.4, -0.2) is 54.7 Å². The lowest BCUT2D eigenvalue weighted by atomic mass is 10.0. The molecule has 26 heavy (non-hydrogen) atoms. The molecule has 0 bridgehead atoms. The molecule has 1 amide bonds. The zero-order chi connectivity index (χ0) is 19.5. The summed E-state index contributed by atoms with van der Waals surface area (Å²) in [6.45, 7) is 5.64. The van der Waals surface area contributed by atoms with Crippen molar-refractivity contribution in [3.8, 4) is 5.75 Å². The van der Waals surface area contributed by atoms with Gasteiger partial charge in [-0.3, -0.25) is 14.3 Å². The Morgan fingerprint density at radius 1 is 1.31 bits per heavy atom. The van der Waals surface area contributed by atoms with Gasteiger partial charge in [-0.25, -0.2) is 8.42 Å². The van der Waals surface area contributed by atoms with Crippen molar-refractivity contribution in [2.75, 3.05) is 17.0 Å². The molecule has 0 spiro atoms. The number of nitrogens with zero attached hydrogens (tertiary/aromatic N) is 1. The first kappa shape index (κ1) is 20.0. The molecule has 1 aromatic carbocycles. The lowest BCUT2D eigenvalue weighted by molar-refractivity contribution is -0.142. The van der Waals surface area contributed by atoms with Gasteiger partial charge in [-0.1, -0.05) is 0 Å². The predicted octanol–water partition coefficient (Wildman–Crippen LogP) is 1.54. The van der Waals surface area contributed by atoms with Crippen LogP contribution in [0.4, 0.5) is 5.69 Å². The van der Waals surface area contributed by atoms with Gasteiger partial charge in [0.25, 0.3) is 0 Å². The van der Waals surface area contributed by atoms with E-state index in [1.165, 1.54) is 4.90 Å². The lowest BCUT2D eigenvalue weighted by Crippen LogP contribution is -2.41. The van der Waals surface area contributed by atoms with E-state index in [-0.39, 0.29) is 12.6 Å². The minimum absolute atomic E-state index is 0.00671. The number of benzene rings is 1. The Labute approximate surface area is 153 Å². The molecule has 2 atom stereocenters. The highest BCUT2D eigenvalue weighted by Crippen LogP contribution is 2.25. The predicted molar refractivity (Wildman–Crippen MR) is 96.5 cm³/mol. The molecule has 1 fully saturated rings. The lowest BCUT2D eigenvalue weighted by Gasteiger charge is -2.23. The van der Waals surface area contributed by atoms with E-state index in [1.807, 2.05) is 13.8 Å². The largest absolute Gasteiger partial charge is 0.491 e. The van der Waals surface area contributed by atoms with Gasteiger partial charge in [0.2, 0.25) is 15.9 Å². The fourth-order valence-electron chi connectivity index (χ4n) is 2.96. The van der Waals surface area contributed by atoms with Crippen molar-refractivity contribution in [3.63, 3.8) is 0 Å². The first-order valence-corrected chi connectivity index (χ1v) is 10.0. The zero-order valence-electron chi connectivity index (χ0n) is 15.0. The smallest absolute Gasteiger partial charge is 0.308 e. The normalized spacial score (nSPS) is 20.2. The number of hydrogen-bond donors (Lipinski definition) is 2. The molecule has 2 unspecified atom stereocenters. The maximum atomic E-state index is 12.3. The number of rotatable bonds is 7. The Morgan fingerprint density at radius 2 is 1.92 bits per heavy atom. The number of amides is 1. The van der Waals surface area contributed by atoms with Crippen LogP contribution in [0.15, 0.2) is 24.3 Å². The van der Waals surface area contributed by atoms with Gasteiger partial charge in [0.1, 0.15) is 11.5 Å². The van der Waals surface area contributed by atoms with Gasteiger partial charge in [-0.05, 0) is 51.5 Å². The van der Waals surface area contributed by atoms with Crippen LogP contribution in [0, 0.1) is 5.92 Å². The van der Waals surface area contributed by atoms with Gasteiger partial charge < -0.3 is 14.7 Å². The third-order valence-corrected chi connectivity index (χ3v) is 5.38. The molecular weight excluding hydrogens is 360 g/mol. The molecule has 1 aliphatic heterocycles. The molecule has 1 aliphatic rings. The summed E-state index contributed by atoms with van der Waals surface area (Å²) in [5, 5.41) is 9.11. The molecule has 8 nitrogen and oxygen atoms in total. The minimum atomic E-state index is -3.90. The van der Waals surface area contributed by atoms with Crippen molar-refractivity contribution in [2.45, 2.75) is 39.3 Å². The fourth-order valence-corrected chi connectivity index (χ4v) is 4.01. The summed E-state index contributed by atoms with van der Waals surface area (Å²) >= 11 is 0. The number of ether oxygens (including phenoxy) is 1. The number of nitrogens with one attached hydrogen (secondary N) is 1. The topological polar surface area (TPSA) is 113 Å². The Bertz CT molecular complexity index is 760. The van der Waals surface area contributed by atoms with Crippen molar-refractivity contribution in [1.82, 2.24) is 4.90 Å². The molecule has 0 radical (unpaired) electrons. The quantitative estimate of drug-likeness (QED) is 0.737. The molecule has 0 aliphatic carbocycles. The zero-order valence-corrected chi connectivity index (χ0v) is 15.8. The Hall–Kier alpha value is -2.29. The first-order valence-electron chi connectivity index (χ1n) is 8.38. The van der Waals surface area contributed by atoms with Crippen LogP contribution < -0.4 is 9.46 Å². The highest BCUT2D eigenvalue weighted by Gasteiger charge is 2.39. The van der Waals surface area contributed by atoms with E-state index < -0.39 is 39.6 Å². The number of likely N-dealkylation sites (tertiary alicyclic amines) is 1. The Morgan fingerprint density at radius 3 is 2.42 bits per heavy atom. The summed E-state index contributed by atoms with van der Waals surface area (Å²) < 4.78 is 32.3. The number of anilines is 1. The SMILES string of the molecule is CC(C)Oc1ccc(NS(=O)(=O)CC(=O)N2CCC(C(=O)O)C2C)cc1. The second-order valence-corrected chi connectivity index (χ2v) is 8.34. The molecule has 1 aromatic rings. The molecule has 1 heterocycles. The van der Waals surface area contributed by atoms with Gasteiger partial charge >= 0.3 is 5.97 Å². The molecule has 144 valence electrons. The maximum absolute atomic E-state index is 12.3. The monoisotopic (exact) mass is 384 g/mol. The van der Waals surface area contributed by atoms with Gasteiger partial charge in [0, 0.05) is 18.3 Å². The molecular formula is C17H24N2O6S. The molecule has 0 saturated carbocycles. The average molecular weight is 384 g/mol. The number of carboxylic acids is 1. The second kappa shape index (κ2) is 7.94. The van der Waals surface area contributed by atoms with Crippen molar-refractivity contribution in [3.05, 3.63) is 24.3 Å². The summed E-state index contributed by atoms with van der Waals surface area (Å²) in [6, 6.07) is 5.86. The van der Waals surface area contributed by atoms with Gasteiger partial charge in [-0.2, -0.15) is 0 Å². The van der Waals surface area contributed by atoms with E-state index in [0.717, 1.165) is 0 Å². The summed E-state index contributed by atoms with van der Waals surface area (Å²) in [5.41, 5.74) is 0.326. The number of hydrogen-bond acceptors (Lipinski definition) is 5. The van der Waals surface area contributed by atoms with Crippen LogP contribution in [0.2, 0.25) is 0 Å². The van der Waals surface area contributed by atoms with Crippen molar-refractivity contribution in [1.29, 1.82) is 0 Å². The standard InChI is InChI=1S/C17H24N2O6S/c1-11(2)25-14-6-4-13(5-7-14)18-26(23,24)10-16(20)19-9-8-15(12(19)3)17(21)22/h4-7,11-12,15,18H,8-10H2,1-3H3,(H,21,22). The fraction of sp³-hybridized carbons (Fsp3) is 0.529. The third kappa shape index (κ3) is 5.10. The molecule has 2 rings (SSSR count). The minimum Gasteiger partial charge on any atom is -0.491 e. The molecule has 0 aromatic heterocycles. The van der Waals surface area contributed by atoms with E-state index in [4.69, 9.17) is 9.84 Å². The number of carbonyl (C=O) groups is 2. The number of aliphatic carboxylic acids is 1. The van der Waals surface area contributed by atoms with Crippen LogP contribution >= 0.6 is 0 Å². The molecule has 2 N–H and O–H groups in total. The Kier molecular flexibility index (Phi) is 6.12. The maximum Gasteiger partial charge on any atom is 0.308 e. The van der Waals surface area contributed by atoms with E-state index in [2.05, 4.69) is 4.72 Å². The van der Waals surface area contributed by atoms with Crippen LogP contribution in [-0.2, 0) is 19.6 Å². The molecule has 1 saturated heterocycles. The van der Waals surface area contributed by atoms with Crippen LogP contribution in [0.5, 0.6) is 5.75 Å². The Balaban J connectivity index is 1.98. The van der Waals surface area contributed by atoms with Crippen LogP contribution in [0.25, 0.3) is 0 Å². The third-order valence-electron chi connectivity index (χ3n) is 4.21. The second-order valence-electron chi connectivity index (χ2n) is 6.61. The number of carbonyl (C=O) groups excluding carboxylic acids is 1. The molecule has 9 heteroatoms. The average Bonchev–Trinajstić information content (AvgIpc) is 2.90. The highest BCUT2D eigenvalue weighted by molar-refractivity contribution is 7.93. The van der Waals surface area contributed by atoms with Gasteiger partial charge in [0.05, 0.1) is 12.0 Å². The van der Waals surface area contributed by atoms with E-state index in [9.17, 15) is 18.0 Å². The number of carboxylic acid groups (broad SMARTS) is 1. The summed E-state index contributed by atoms with van der Waals surface area (Å²) in [4.78, 5) is 24.7. The van der Waals surface area contributed by atoms with Crippen molar-refractivity contribution >= 4 is 27.6 Å². The van der Waals surface area contributed by atoms with Crippen molar-refractivity contribution < 1.29 is 27.9 Å². The first-order chi connectivity index (χ1) is 12.1. The number of sulfonamides is 1. The van der Waals surface area contributed by atoms with E-state index in [1.54, 1.807) is 31.2 Å². The summed E-state index contributed by atoms with van der Waals surface area (Å²) in [6.07, 6.45) is 0.333. The highest BCUT2D eigenvalue weighted by atomic mass is 32.2. The van der Waals surface area contributed by atoms with Crippen molar-refractivity contribution in [2.24, 2.45) is 5.92 Å². The van der Waals surface area contributed by atoms with Crippen LogP contribution in [0.1, 0.15) is 27.2 Å². The summed E-state index contributed by atoms with van der Waals surface area (Å²) in [7, 11) is -3.90. The van der Waals surface area contributed by atoms with E-state index in [0.29, 0.717) is 17.9 Å². The van der Waals surface area contributed by atoms with Gasteiger partial charge in [0.15, 0.2) is 0 Å². The summed E-state index contributed by atoms with van der Waals surface area (Å²) in [5.74, 6) is -2.35. The van der Waals surface area contributed by atoms with Gasteiger partial charge in [-0.15, -0.1) is 0 Å².